The van der Waals surface area contributed by atoms with Crippen LogP contribution in [0.4, 0.5) is 5.69 Å². The summed E-state index contributed by atoms with van der Waals surface area (Å²) < 4.78 is 0.972. The molecule has 3 rings (SSSR count). The van der Waals surface area contributed by atoms with Gasteiger partial charge in [0.05, 0.1) is 20.7 Å². The van der Waals surface area contributed by atoms with Gasteiger partial charge in [-0.25, -0.2) is 0 Å². The number of halogens is 4. The molecule has 0 saturated carbocycles. The summed E-state index contributed by atoms with van der Waals surface area (Å²) in [5.74, 6) is 0. The van der Waals surface area contributed by atoms with Crippen LogP contribution in [0.5, 0.6) is 0 Å². The predicted molar refractivity (Wildman–Crippen MR) is 91.8 cm³/mol. The molecule has 1 aliphatic heterocycles. The molecule has 0 spiro atoms. The van der Waals surface area contributed by atoms with Gasteiger partial charge in [0, 0.05) is 42.8 Å². The van der Waals surface area contributed by atoms with Crippen LogP contribution in [-0.2, 0) is 0 Å². The molecule has 0 aliphatic carbocycles. The maximum atomic E-state index is 6.23. The van der Waals surface area contributed by atoms with Crippen molar-refractivity contribution in [3.05, 3.63) is 32.8 Å². The summed E-state index contributed by atoms with van der Waals surface area (Å²) in [5, 5.41) is 5.57. The summed E-state index contributed by atoms with van der Waals surface area (Å²) in [7, 11) is 0. The average molecular weight is 398 g/mol. The summed E-state index contributed by atoms with van der Waals surface area (Å²) in [6, 6.07) is 3.66. The number of rotatable bonds is 1. The molecule has 20 heavy (non-hydrogen) atoms. The number of hydrogen-bond acceptors (Lipinski definition) is 3. The number of anilines is 1. The first-order valence-electron chi connectivity index (χ1n) is 6.06. The smallest absolute Gasteiger partial charge is 0.0910 e. The van der Waals surface area contributed by atoms with Gasteiger partial charge in [-0.05, 0) is 28.1 Å². The molecular weight excluding hydrogens is 384 g/mol. The van der Waals surface area contributed by atoms with Crippen LogP contribution in [0.3, 0.4) is 0 Å². The van der Waals surface area contributed by atoms with Crippen LogP contribution >= 0.6 is 51.5 Å². The Morgan fingerprint density at radius 2 is 1.90 bits per heavy atom. The number of aromatic nitrogens is 1. The molecule has 7 heteroatoms. The molecule has 1 aromatic heterocycles. The van der Waals surface area contributed by atoms with Gasteiger partial charge in [0.1, 0.15) is 0 Å². The molecule has 0 amide bonds. The van der Waals surface area contributed by atoms with Crippen LogP contribution in [0.1, 0.15) is 0 Å². The Morgan fingerprint density at radius 1 is 1.20 bits per heavy atom. The minimum Gasteiger partial charge on any atom is -0.367 e. The average Bonchev–Trinajstić information content (AvgIpc) is 2.39. The van der Waals surface area contributed by atoms with Crippen LogP contribution in [-0.4, -0.2) is 31.2 Å². The summed E-state index contributed by atoms with van der Waals surface area (Å²) >= 11 is 16.0. The highest BCUT2D eigenvalue weighted by molar-refractivity contribution is 9.10. The zero-order valence-corrected chi connectivity index (χ0v) is 14.4. The summed E-state index contributed by atoms with van der Waals surface area (Å²) in [4.78, 5) is 6.73. The third-order valence-electron chi connectivity index (χ3n) is 3.25. The van der Waals surface area contributed by atoms with Gasteiger partial charge in [0.15, 0.2) is 0 Å². The van der Waals surface area contributed by atoms with Gasteiger partial charge in [-0.3, -0.25) is 4.98 Å². The van der Waals surface area contributed by atoms with Crippen LogP contribution < -0.4 is 10.2 Å². The van der Waals surface area contributed by atoms with Crippen LogP contribution in [0.15, 0.2) is 22.8 Å². The monoisotopic (exact) mass is 395 g/mol. The van der Waals surface area contributed by atoms with Crippen LogP contribution in [0, 0.1) is 0 Å². The van der Waals surface area contributed by atoms with E-state index in [2.05, 4.69) is 31.1 Å². The number of fused-ring (bicyclic) bond motifs is 1. The van der Waals surface area contributed by atoms with E-state index in [4.69, 9.17) is 23.2 Å². The molecule has 0 radical (unpaired) electrons. The van der Waals surface area contributed by atoms with Gasteiger partial charge in [0.25, 0.3) is 0 Å². The maximum Gasteiger partial charge on any atom is 0.0910 e. The van der Waals surface area contributed by atoms with Crippen molar-refractivity contribution in [1.29, 1.82) is 0 Å². The Bertz CT molecular complexity index is 630. The molecule has 0 atom stereocenters. The fourth-order valence-corrected chi connectivity index (χ4v) is 3.51. The Balaban J connectivity index is 0.00000147. The Kier molecular flexibility index (Phi) is 5.37. The quantitative estimate of drug-likeness (QED) is 0.784. The number of nitrogens with zero attached hydrogens (tertiary/aromatic N) is 2. The van der Waals surface area contributed by atoms with Crippen LogP contribution in [0.2, 0.25) is 10.0 Å². The van der Waals surface area contributed by atoms with Crippen molar-refractivity contribution in [3.8, 4) is 0 Å². The normalized spacial score (nSPS) is 15.2. The van der Waals surface area contributed by atoms with E-state index in [-0.39, 0.29) is 12.4 Å². The first-order chi connectivity index (χ1) is 9.16. The summed E-state index contributed by atoms with van der Waals surface area (Å²) in [6.45, 7) is 3.87. The largest absolute Gasteiger partial charge is 0.367 e. The third-order valence-corrected chi connectivity index (χ3v) is 4.34. The van der Waals surface area contributed by atoms with Gasteiger partial charge in [-0.1, -0.05) is 23.2 Å². The third kappa shape index (κ3) is 3.00. The van der Waals surface area contributed by atoms with E-state index >= 15 is 0 Å². The molecule has 1 N–H and O–H groups in total. The van der Waals surface area contributed by atoms with E-state index in [0.717, 1.165) is 47.2 Å². The van der Waals surface area contributed by atoms with Crippen molar-refractivity contribution in [2.24, 2.45) is 0 Å². The minimum absolute atomic E-state index is 0. The standard InChI is InChI=1S/C13H12BrCl2N3.ClH/c14-10-7-18-12-9(5-8(15)6-11(12)16)13(10)19-3-1-17-2-4-19;/h5-7,17H,1-4H2;1H. The molecule has 3 nitrogen and oxygen atoms in total. The SMILES string of the molecule is Cl.Clc1cc(Cl)c2ncc(Br)c(N3CCNCC3)c2c1. The van der Waals surface area contributed by atoms with Crippen LogP contribution in [0.25, 0.3) is 10.9 Å². The lowest BCUT2D eigenvalue weighted by molar-refractivity contribution is 0.589. The highest BCUT2D eigenvalue weighted by Gasteiger charge is 2.18. The lowest BCUT2D eigenvalue weighted by Crippen LogP contribution is -2.43. The number of benzene rings is 1. The highest BCUT2D eigenvalue weighted by atomic mass is 79.9. The lowest BCUT2D eigenvalue weighted by Gasteiger charge is -2.31. The second kappa shape index (κ2) is 6.67. The summed E-state index contributed by atoms with van der Waals surface area (Å²) in [5.41, 5.74) is 1.92. The molecular formula is C13H13BrCl3N3. The fourth-order valence-electron chi connectivity index (χ4n) is 2.40. The molecule has 1 aliphatic rings. The number of piperazine rings is 1. The Morgan fingerprint density at radius 3 is 2.60 bits per heavy atom. The number of hydrogen-bond donors (Lipinski definition) is 1. The van der Waals surface area contributed by atoms with Gasteiger partial charge < -0.3 is 10.2 Å². The molecule has 1 aromatic carbocycles. The van der Waals surface area contributed by atoms with Crippen molar-refractivity contribution >= 4 is 68.1 Å². The Labute approximate surface area is 142 Å². The molecule has 0 unspecified atom stereocenters. The van der Waals surface area contributed by atoms with Gasteiger partial charge >= 0.3 is 0 Å². The lowest BCUT2D eigenvalue weighted by atomic mass is 10.1. The Hall–Kier alpha value is -0.260. The molecule has 0 bridgehead atoms. The predicted octanol–water partition coefficient (Wildman–Crippen LogP) is 4.14. The molecule has 108 valence electrons. The van der Waals surface area contributed by atoms with Crippen molar-refractivity contribution in [2.45, 2.75) is 0 Å². The van der Waals surface area contributed by atoms with E-state index in [1.165, 1.54) is 0 Å². The van der Waals surface area contributed by atoms with Crippen molar-refractivity contribution in [1.82, 2.24) is 10.3 Å². The zero-order valence-electron chi connectivity index (χ0n) is 10.5. The second-order valence-corrected chi connectivity index (χ2v) is 6.17. The number of pyridine rings is 1. The van der Waals surface area contributed by atoms with E-state index in [9.17, 15) is 0 Å². The molecule has 1 fully saturated rings. The first kappa shape index (κ1) is 16.1. The van der Waals surface area contributed by atoms with Crippen molar-refractivity contribution in [2.75, 3.05) is 31.1 Å². The fraction of sp³-hybridized carbons (Fsp3) is 0.308. The molecule has 1 saturated heterocycles. The topological polar surface area (TPSA) is 28.2 Å². The highest BCUT2D eigenvalue weighted by Crippen LogP contribution is 2.37. The zero-order chi connectivity index (χ0) is 13.4. The summed E-state index contributed by atoms with van der Waals surface area (Å²) in [6.07, 6.45) is 1.81. The van der Waals surface area contributed by atoms with Crippen molar-refractivity contribution in [3.63, 3.8) is 0 Å². The molecule has 2 heterocycles. The van der Waals surface area contributed by atoms with E-state index < -0.39 is 0 Å². The number of nitrogens with one attached hydrogen (secondary N) is 1. The van der Waals surface area contributed by atoms with Gasteiger partial charge in [-0.2, -0.15) is 0 Å². The molecule has 2 aromatic rings. The van der Waals surface area contributed by atoms with Crippen molar-refractivity contribution < 1.29 is 0 Å². The van der Waals surface area contributed by atoms with E-state index in [1.807, 2.05) is 6.07 Å². The second-order valence-electron chi connectivity index (χ2n) is 4.48. The van der Waals surface area contributed by atoms with Gasteiger partial charge in [0.2, 0.25) is 0 Å². The van der Waals surface area contributed by atoms with E-state index in [1.54, 1.807) is 12.3 Å². The van der Waals surface area contributed by atoms with Gasteiger partial charge in [-0.15, -0.1) is 12.4 Å². The minimum atomic E-state index is 0. The van der Waals surface area contributed by atoms with E-state index in [0.29, 0.717) is 10.0 Å². The maximum absolute atomic E-state index is 6.23. The first-order valence-corrected chi connectivity index (χ1v) is 7.60.